The Labute approximate surface area is 93.5 Å². The molecule has 0 unspecified atom stereocenters. The highest BCUT2D eigenvalue weighted by molar-refractivity contribution is 5.15. The van der Waals surface area contributed by atoms with Crippen molar-refractivity contribution in [2.45, 2.75) is 47.0 Å². The molecule has 1 aliphatic rings. The monoisotopic (exact) mass is 210 g/mol. The standard InChI is InChI=1S/C8H9F.C4H8.C2H6/c1-2-7-3-5-8(9)6-4-7;1-4-2-3-4;1-2/h3-6H,2H2,1H3;4H,2-3H2,1H3;1-2H3. The van der Waals surface area contributed by atoms with E-state index < -0.39 is 0 Å². The number of halogens is 1. The van der Waals surface area contributed by atoms with E-state index in [1.807, 2.05) is 20.8 Å². The van der Waals surface area contributed by atoms with Crippen molar-refractivity contribution in [3.05, 3.63) is 35.6 Å². The normalized spacial score (nSPS) is 13.1. The van der Waals surface area contributed by atoms with Crippen molar-refractivity contribution in [2.75, 3.05) is 0 Å². The molecule has 0 nitrogen and oxygen atoms in total. The van der Waals surface area contributed by atoms with E-state index in [4.69, 9.17) is 0 Å². The smallest absolute Gasteiger partial charge is 0.123 e. The fourth-order valence-corrected chi connectivity index (χ4v) is 0.887. The molecule has 1 heteroatoms. The maximum atomic E-state index is 12.2. The van der Waals surface area contributed by atoms with Crippen molar-refractivity contribution in [1.29, 1.82) is 0 Å². The van der Waals surface area contributed by atoms with Crippen LogP contribution in [-0.2, 0) is 6.42 Å². The quantitative estimate of drug-likeness (QED) is 0.622. The Balaban J connectivity index is 0.000000272. The first-order valence-corrected chi connectivity index (χ1v) is 5.96. The van der Waals surface area contributed by atoms with Gasteiger partial charge in [-0.05, 0) is 30.0 Å². The summed E-state index contributed by atoms with van der Waals surface area (Å²) in [5.41, 5.74) is 1.18. The number of rotatable bonds is 1. The molecule has 1 fully saturated rings. The second-order valence-corrected chi connectivity index (χ2v) is 3.66. The van der Waals surface area contributed by atoms with Crippen LogP contribution in [0.5, 0.6) is 0 Å². The highest BCUT2D eigenvalue weighted by atomic mass is 19.1. The molecule has 86 valence electrons. The molecular formula is C14H23F. The summed E-state index contributed by atoms with van der Waals surface area (Å²) in [5.74, 6) is 0.923. The fourth-order valence-electron chi connectivity index (χ4n) is 0.887. The molecule has 0 amide bonds. The summed E-state index contributed by atoms with van der Waals surface area (Å²) in [7, 11) is 0. The molecule has 1 aromatic rings. The summed E-state index contributed by atoms with van der Waals surface area (Å²) < 4.78 is 12.2. The van der Waals surface area contributed by atoms with E-state index in [0.717, 1.165) is 12.3 Å². The molecule has 0 heterocycles. The van der Waals surface area contributed by atoms with Crippen molar-refractivity contribution < 1.29 is 4.39 Å². The Morgan fingerprint density at radius 1 is 1.13 bits per heavy atom. The molecule has 1 aliphatic carbocycles. The maximum absolute atomic E-state index is 12.2. The van der Waals surface area contributed by atoms with Gasteiger partial charge in [0.05, 0.1) is 0 Å². The minimum absolute atomic E-state index is 0.160. The topological polar surface area (TPSA) is 0 Å². The van der Waals surface area contributed by atoms with Crippen LogP contribution >= 0.6 is 0 Å². The lowest BCUT2D eigenvalue weighted by molar-refractivity contribution is 0.627. The lowest BCUT2D eigenvalue weighted by Gasteiger charge is -1.92. The zero-order chi connectivity index (χ0) is 11.7. The van der Waals surface area contributed by atoms with Gasteiger partial charge in [0.15, 0.2) is 0 Å². The van der Waals surface area contributed by atoms with Crippen LogP contribution in [0.1, 0.15) is 46.1 Å². The Hall–Kier alpha value is -0.850. The molecule has 15 heavy (non-hydrogen) atoms. The minimum atomic E-state index is -0.160. The molecule has 1 saturated carbocycles. The van der Waals surface area contributed by atoms with Gasteiger partial charge >= 0.3 is 0 Å². The molecule has 0 atom stereocenters. The van der Waals surface area contributed by atoms with Gasteiger partial charge in [0.25, 0.3) is 0 Å². The highest BCUT2D eigenvalue weighted by Gasteiger charge is 2.12. The molecular weight excluding hydrogens is 187 g/mol. The van der Waals surface area contributed by atoms with Gasteiger partial charge in [-0.3, -0.25) is 0 Å². The van der Waals surface area contributed by atoms with Gasteiger partial charge < -0.3 is 0 Å². The third kappa shape index (κ3) is 8.17. The highest BCUT2D eigenvalue weighted by Crippen LogP contribution is 2.26. The van der Waals surface area contributed by atoms with E-state index >= 15 is 0 Å². The lowest BCUT2D eigenvalue weighted by atomic mass is 10.2. The summed E-state index contributed by atoms with van der Waals surface area (Å²) in [4.78, 5) is 0. The van der Waals surface area contributed by atoms with Crippen molar-refractivity contribution in [3.8, 4) is 0 Å². The average Bonchev–Trinajstić information content (AvgIpc) is 3.06. The fraction of sp³-hybridized carbons (Fsp3) is 0.571. The number of benzene rings is 1. The number of hydrogen-bond acceptors (Lipinski definition) is 0. The van der Waals surface area contributed by atoms with Crippen LogP contribution in [0.25, 0.3) is 0 Å². The van der Waals surface area contributed by atoms with Gasteiger partial charge in [-0.15, -0.1) is 0 Å². The van der Waals surface area contributed by atoms with Crippen LogP contribution in [0.15, 0.2) is 24.3 Å². The maximum Gasteiger partial charge on any atom is 0.123 e. The van der Waals surface area contributed by atoms with E-state index in [0.29, 0.717) is 0 Å². The molecule has 0 bridgehead atoms. The van der Waals surface area contributed by atoms with Crippen LogP contribution in [-0.4, -0.2) is 0 Å². The molecule has 2 rings (SSSR count). The molecule has 1 aromatic carbocycles. The molecule has 0 N–H and O–H groups in total. The van der Waals surface area contributed by atoms with E-state index in [-0.39, 0.29) is 5.82 Å². The summed E-state index contributed by atoms with van der Waals surface area (Å²) in [5, 5.41) is 0. The third-order valence-corrected chi connectivity index (χ3v) is 2.19. The number of hydrogen-bond donors (Lipinski definition) is 0. The van der Waals surface area contributed by atoms with Crippen molar-refractivity contribution in [1.82, 2.24) is 0 Å². The van der Waals surface area contributed by atoms with Gasteiger partial charge in [-0.25, -0.2) is 4.39 Å². The number of aryl methyl sites for hydroxylation is 1. The van der Waals surface area contributed by atoms with Crippen LogP contribution in [0.3, 0.4) is 0 Å². The zero-order valence-corrected chi connectivity index (χ0v) is 10.4. The largest absolute Gasteiger partial charge is 0.207 e. The van der Waals surface area contributed by atoms with Gasteiger partial charge in [0.1, 0.15) is 5.82 Å². The summed E-state index contributed by atoms with van der Waals surface area (Å²) in [6, 6.07) is 6.57. The Kier molecular flexibility index (Phi) is 7.98. The van der Waals surface area contributed by atoms with E-state index in [2.05, 4.69) is 6.92 Å². The second-order valence-electron chi connectivity index (χ2n) is 3.66. The van der Waals surface area contributed by atoms with Gasteiger partial charge in [0.2, 0.25) is 0 Å². The molecule has 0 spiro atoms. The Bertz CT molecular complexity index is 234. The Morgan fingerprint density at radius 2 is 1.53 bits per heavy atom. The van der Waals surface area contributed by atoms with Crippen LogP contribution < -0.4 is 0 Å². The lowest BCUT2D eigenvalue weighted by Crippen LogP contribution is -1.78. The van der Waals surface area contributed by atoms with Gasteiger partial charge in [-0.2, -0.15) is 0 Å². The molecule has 0 aromatic heterocycles. The predicted octanol–water partition coefficient (Wildman–Crippen LogP) is 4.83. The van der Waals surface area contributed by atoms with Crippen molar-refractivity contribution in [3.63, 3.8) is 0 Å². The first-order chi connectivity index (χ1) is 7.22. The van der Waals surface area contributed by atoms with E-state index in [1.165, 1.54) is 30.5 Å². The zero-order valence-electron chi connectivity index (χ0n) is 10.4. The van der Waals surface area contributed by atoms with Gasteiger partial charge in [0, 0.05) is 0 Å². The van der Waals surface area contributed by atoms with Crippen LogP contribution in [0, 0.1) is 11.7 Å². The van der Waals surface area contributed by atoms with E-state index in [9.17, 15) is 4.39 Å². The minimum Gasteiger partial charge on any atom is -0.207 e. The molecule has 0 radical (unpaired) electrons. The first-order valence-electron chi connectivity index (χ1n) is 5.96. The van der Waals surface area contributed by atoms with Crippen molar-refractivity contribution in [2.24, 2.45) is 5.92 Å². The van der Waals surface area contributed by atoms with Crippen LogP contribution in [0.2, 0.25) is 0 Å². The molecule has 0 saturated heterocycles. The predicted molar refractivity (Wildman–Crippen MR) is 65.5 cm³/mol. The first kappa shape index (κ1) is 14.2. The summed E-state index contributed by atoms with van der Waals surface area (Å²) in [6.45, 7) is 8.33. The summed E-state index contributed by atoms with van der Waals surface area (Å²) >= 11 is 0. The van der Waals surface area contributed by atoms with Crippen molar-refractivity contribution >= 4 is 0 Å². The van der Waals surface area contributed by atoms with Gasteiger partial charge in [-0.1, -0.05) is 52.7 Å². The van der Waals surface area contributed by atoms with E-state index in [1.54, 1.807) is 12.1 Å². The Morgan fingerprint density at radius 3 is 1.80 bits per heavy atom. The summed E-state index contributed by atoms with van der Waals surface area (Å²) in [6.07, 6.45) is 3.94. The second kappa shape index (κ2) is 8.46. The molecule has 0 aliphatic heterocycles. The average molecular weight is 210 g/mol. The third-order valence-electron chi connectivity index (χ3n) is 2.19. The van der Waals surface area contributed by atoms with Crippen LogP contribution in [0.4, 0.5) is 4.39 Å². The SMILES string of the molecule is CC.CC1CC1.CCc1ccc(F)cc1.